The van der Waals surface area contributed by atoms with Crippen LogP contribution in [0.25, 0.3) is 0 Å². The van der Waals surface area contributed by atoms with Gasteiger partial charge in [-0.15, -0.1) is 0 Å². The van der Waals surface area contributed by atoms with Gasteiger partial charge >= 0.3 is 7.82 Å². The standard InChI is InChI=1S/C32H58NO12P/c1-3-5-7-9-11-12-14-16-18-20-25(35)24(33-26(36)21-23(34)19-17-15-13-10-8-6-4-2)22-44-46(42,43)45-32-30(40)28(38)27(37)29(39)31(32)41/h3,5,11-12,18,20,23-25,27-32,34-35,37-41H,4,6-10,13-17,19,21-22H2,1-2H3,(H,33,36)(H,42,43)/b5-3+,12-11+,20-18+. The van der Waals surface area contributed by atoms with Crippen molar-refractivity contribution in [2.75, 3.05) is 6.61 Å². The maximum absolute atomic E-state index is 12.7. The van der Waals surface area contributed by atoms with Crippen molar-refractivity contribution in [2.24, 2.45) is 0 Å². The smallest absolute Gasteiger partial charge is 0.393 e. The number of amides is 1. The Hall–Kier alpha value is -1.48. The van der Waals surface area contributed by atoms with Gasteiger partial charge in [-0.05, 0) is 39.0 Å². The van der Waals surface area contributed by atoms with Crippen LogP contribution < -0.4 is 5.32 Å². The molecule has 0 aliphatic heterocycles. The van der Waals surface area contributed by atoms with E-state index in [4.69, 9.17) is 9.05 Å². The minimum absolute atomic E-state index is 0.257. The highest BCUT2D eigenvalue weighted by Crippen LogP contribution is 2.47. The maximum atomic E-state index is 12.7. The number of unbranched alkanes of at least 4 members (excludes halogenated alkanes) is 8. The van der Waals surface area contributed by atoms with Crippen molar-refractivity contribution in [2.45, 2.75) is 152 Å². The van der Waals surface area contributed by atoms with E-state index in [1.807, 2.05) is 19.1 Å². The first kappa shape index (κ1) is 42.5. The Morgan fingerprint density at radius 2 is 1.33 bits per heavy atom. The lowest BCUT2D eigenvalue weighted by atomic mass is 9.85. The van der Waals surface area contributed by atoms with E-state index in [1.54, 1.807) is 6.08 Å². The molecule has 0 aromatic heterocycles. The van der Waals surface area contributed by atoms with Crippen molar-refractivity contribution in [1.29, 1.82) is 0 Å². The van der Waals surface area contributed by atoms with Gasteiger partial charge in [-0.1, -0.05) is 88.3 Å². The summed E-state index contributed by atoms with van der Waals surface area (Å²) in [6.45, 7) is 3.35. The third-order valence-corrected chi connectivity index (χ3v) is 8.79. The fourth-order valence-electron chi connectivity index (χ4n) is 4.98. The van der Waals surface area contributed by atoms with Gasteiger partial charge in [0.15, 0.2) is 0 Å². The van der Waals surface area contributed by atoms with Gasteiger partial charge in [-0.2, -0.15) is 0 Å². The van der Waals surface area contributed by atoms with E-state index in [2.05, 4.69) is 24.4 Å². The molecular formula is C32H58NO12P. The molecule has 268 valence electrons. The Morgan fingerprint density at radius 3 is 1.91 bits per heavy atom. The number of nitrogens with one attached hydrogen (secondary N) is 1. The van der Waals surface area contributed by atoms with Gasteiger partial charge in [0.1, 0.15) is 36.6 Å². The number of hydrogen-bond acceptors (Lipinski definition) is 11. The maximum Gasteiger partial charge on any atom is 0.472 e. The van der Waals surface area contributed by atoms with Gasteiger partial charge in [0, 0.05) is 0 Å². The van der Waals surface area contributed by atoms with Crippen LogP contribution in [0.3, 0.4) is 0 Å². The lowest BCUT2D eigenvalue weighted by molar-refractivity contribution is -0.220. The van der Waals surface area contributed by atoms with E-state index in [0.717, 1.165) is 44.9 Å². The van der Waals surface area contributed by atoms with Crippen molar-refractivity contribution in [1.82, 2.24) is 5.32 Å². The van der Waals surface area contributed by atoms with Crippen LogP contribution in [0.4, 0.5) is 0 Å². The quantitative estimate of drug-likeness (QED) is 0.0407. The van der Waals surface area contributed by atoms with Crippen LogP contribution >= 0.6 is 7.82 Å². The summed E-state index contributed by atoms with van der Waals surface area (Å²) in [7, 11) is -5.13. The van der Waals surface area contributed by atoms with Crippen LogP contribution in [-0.4, -0.2) is 108 Å². The number of phosphoric acid groups is 1. The summed E-state index contributed by atoms with van der Waals surface area (Å²) in [5.41, 5.74) is 0. The number of hydrogen-bond donors (Lipinski definition) is 9. The Balaban J connectivity index is 2.79. The molecule has 0 radical (unpaired) electrons. The van der Waals surface area contributed by atoms with E-state index in [-0.39, 0.29) is 6.42 Å². The van der Waals surface area contributed by atoms with Crippen LogP contribution in [0.5, 0.6) is 0 Å². The summed E-state index contributed by atoms with van der Waals surface area (Å²) in [5, 5.41) is 73.4. The molecule has 0 aromatic rings. The van der Waals surface area contributed by atoms with E-state index < -0.39 is 75.2 Å². The van der Waals surface area contributed by atoms with Gasteiger partial charge in [0.25, 0.3) is 0 Å². The van der Waals surface area contributed by atoms with Crippen LogP contribution in [-0.2, 0) is 18.4 Å². The molecule has 8 unspecified atom stereocenters. The van der Waals surface area contributed by atoms with Crippen LogP contribution in [0.2, 0.25) is 0 Å². The molecule has 0 bridgehead atoms. The number of rotatable bonds is 24. The fourth-order valence-corrected chi connectivity index (χ4v) is 5.95. The molecule has 1 rings (SSSR count). The van der Waals surface area contributed by atoms with Gasteiger partial charge in [-0.3, -0.25) is 13.8 Å². The molecule has 1 aliphatic carbocycles. The summed E-state index contributed by atoms with van der Waals surface area (Å²) in [4.78, 5) is 23.0. The number of carbonyl (C=O) groups is 1. The minimum atomic E-state index is -5.13. The molecular weight excluding hydrogens is 621 g/mol. The molecule has 46 heavy (non-hydrogen) atoms. The second kappa shape index (κ2) is 23.8. The summed E-state index contributed by atoms with van der Waals surface area (Å²) in [6, 6.07) is -1.26. The topological polar surface area (TPSA) is 226 Å². The number of aliphatic hydroxyl groups is 7. The van der Waals surface area contributed by atoms with Crippen molar-refractivity contribution < 1.29 is 59.0 Å². The lowest BCUT2D eigenvalue weighted by Crippen LogP contribution is -2.64. The average molecular weight is 680 g/mol. The molecule has 9 N–H and O–H groups in total. The largest absolute Gasteiger partial charge is 0.472 e. The van der Waals surface area contributed by atoms with Crippen molar-refractivity contribution >= 4 is 13.7 Å². The fraction of sp³-hybridized carbons (Fsp3) is 0.781. The summed E-state index contributed by atoms with van der Waals surface area (Å²) < 4.78 is 22.5. The molecule has 1 saturated carbocycles. The van der Waals surface area contributed by atoms with E-state index in [1.165, 1.54) is 18.9 Å². The second-order valence-corrected chi connectivity index (χ2v) is 13.2. The van der Waals surface area contributed by atoms with Crippen molar-refractivity contribution in [3.63, 3.8) is 0 Å². The highest BCUT2D eigenvalue weighted by atomic mass is 31.2. The number of allylic oxidation sites excluding steroid dienone is 5. The van der Waals surface area contributed by atoms with E-state index >= 15 is 0 Å². The monoisotopic (exact) mass is 679 g/mol. The third kappa shape index (κ3) is 17.1. The highest BCUT2D eigenvalue weighted by molar-refractivity contribution is 7.47. The van der Waals surface area contributed by atoms with Gasteiger partial charge in [0.2, 0.25) is 5.91 Å². The summed E-state index contributed by atoms with van der Waals surface area (Å²) >= 11 is 0. The molecule has 0 saturated heterocycles. The van der Waals surface area contributed by atoms with Gasteiger partial charge < -0.3 is 46.0 Å². The summed E-state index contributed by atoms with van der Waals surface area (Å²) in [6.07, 6.45) is 7.63. The predicted molar refractivity (Wildman–Crippen MR) is 173 cm³/mol. The molecule has 0 aromatic carbocycles. The molecule has 8 atom stereocenters. The van der Waals surface area contributed by atoms with Gasteiger partial charge in [-0.25, -0.2) is 4.57 Å². The Kier molecular flexibility index (Phi) is 22.0. The number of phosphoric ester groups is 1. The van der Waals surface area contributed by atoms with Crippen molar-refractivity contribution in [3.05, 3.63) is 36.5 Å². The van der Waals surface area contributed by atoms with E-state index in [9.17, 15) is 50.0 Å². The number of aliphatic hydroxyl groups excluding tert-OH is 7. The molecule has 0 heterocycles. The normalized spacial score (nSPS) is 27.3. The predicted octanol–water partition coefficient (Wildman–Crippen LogP) is 2.29. The Morgan fingerprint density at radius 1 is 0.804 bits per heavy atom. The average Bonchev–Trinajstić information content (AvgIpc) is 3.01. The molecule has 0 spiro atoms. The van der Waals surface area contributed by atoms with Crippen LogP contribution in [0.15, 0.2) is 36.5 Å². The third-order valence-electron chi connectivity index (χ3n) is 7.80. The van der Waals surface area contributed by atoms with Crippen LogP contribution in [0, 0.1) is 0 Å². The zero-order valence-electron chi connectivity index (χ0n) is 27.2. The first-order valence-electron chi connectivity index (χ1n) is 16.5. The SMILES string of the molecule is C/C=C/CC/C=C/CC/C=C/C(O)C(COP(=O)(O)OC1C(O)C(O)C(O)C(O)C1O)NC(=O)CC(O)CCCCCCCCC. The minimum Gasteiger partial charge on any atom is -0.393 e. The zero-order chi connectivity index (χ0) is 34.5. The van der Waals surface area contributed by atoms with E-state index in [0.29, 0.717) is 19.3 Å². The highest BCUT2D eigenvalue weighted by Gasteiger charge is 2.51. The lowest BCUT2D eigenvalue weighted by Gasteiger charge is -2.41. The second-order valence-electron chi connectivity index (χ2n) is 11.8. The zero-order valence-corrected chi connectivity index (χ0v) is 28.1. The Labute approximate surface area is 273 Å². The Bertz CT molecular complexity index is 947. The molecule has 1 amide bonds. The number of carbonyl (C=O) groups excluding carboxylic acids is 1. The first-order chi connectivity index (χ1) is 21.8. The van der Waals surface area contributed by atoms with Crippen molar-refractivity contribution in [3.8, 4) is 0 Å². The summed E-state index contributed by atoms with van der Waals surface area (Å²) in [5.74, 6) is -0.618. The molecule has 13 nitrogen and oxygen atoms in total. The molecule has 1 fully saturated rings. The first-order valence-corrected chi connectivity index (χ1v) is 18.0. The molecule has 14 heteroatoms. The van der Waals surface area contributed by atoms with Crippen LogP contribution in [0.1, 0.15) is 97.3 Å². The molecule has 1 aliphatic rings. The van der Waals surface area contributed by atoms with Gasteiger partial charge in [0.05, 0.1) is 31.3 Å².